The van der Waals surface area contributed by atoms with Crippen LogP contribution in [0.4, 0.5) is 5.82 Å². The van der Waals surface area contributed by atoms with Gasteiger partial charge in [0.15, 0.2) is 0 Å². The quantitative estimate of drug-likeness (QED) is 0.406. The number of carbonyl (C=O) groups excluding carboxylic acids is 1. The zero-order valence-electron chi connectivity index (χ0n) is 16.0. The first-order valence-corrected chi connectivity index (χ1v) is 9.73. The second-order valence-corrected chi connectivity index (χ2v) is 7.21. The Morgan fingerprint density at radius 2 is 2.00 bits per heavy atom. The van der Waals surface area contributed by atoms with Crippen molar-refractivity contribution in [3.63, 3.8) is 0 Å². The van der Waals surface area contributed by atoms with Gasteiger partial charge in [-0.1, -0.05) is 41.4 Å². The number of amides is 1. The third-order valence-corrected chi connectivity index (χ3v) is 5.07. The van der Waals surface area contributed by atoms with Crippen molar-refractivity contribution >= 4 is 34.9 Å². The van der Waals surface area contributed by atoms with Gasteiger partial charge in [0.1, 0.15) is 17.4 Å². The summed E-state index contributed by atoms with van der Waals surface area (Å²) in [5.74, 6) is -0.0222. The maximum absolute atomic E-state index is 12.4. The Kier molecular flexibility index (Phi) is 6.91. The summed E-state index contributed by atoms with van der Waals surface area (Å²) in [5, 5.41) is 18.2. The fraction of sp³-hybridized carbons (Fsp3) is 0.200. The Hall–Kier alpha value is -3.10. The molecule has 1 heterocycles. The number of nitrogens with zero attached hydrogens (tertiary/aromatic N) is 3. The van der Waals surface area contributed by atoms with Gasteiger partial charge in [-0.3, -0.25) is 4.79 Å². The first-order valence-electron chi connectivity index (χ1n) is 8.98. The van der Waals surface area contributed by atoms with Gasteiger partial charge >= 0.3 is 5.82 Å². The van der Waals surface area contributed by atoms with E-state index < -0.39 is 4.92 Å². The van der Waals surface area contributed by atoms with E-state index in [1.807, 2.05) is 6.07 Å². The van der Waals surface area contributed by atoms with Gasteiger partial charge in [0.05, 0.1) is 28.4 Å². The molecular weight excluding hydrogens is 431 g/mol. The number of hydrogen-bond acceptors (Lipinski definition) is 5. The Morgan fingerprint density at radius 1 is 1.23 bits per heavy atom. The van der Waals surface area contributed by atoms with Gasteiger partial charge in [-0.05, 0) is 41.7 Å². The minimum Gasteiger partial charge on any atom is -0.487 e. The lowest BCUT2D eigenvalue weighted by Gasteiger charge is -2.10. The molecule has 3 rings (SSSR count). The van der Waals surface area contributed by atoms with Gasteiger partial charge in [0, 0.05) is 12.1 Å². The molecule has 0 aliphatic rings. The maximum Gasteiger partial charge on any atom is 0.390 e. The minimum atomic E-state index is -0.549. The Morgan fingerprint density at radius 3 is 2.73 bits per heavy atom. The number of nitrogens with one attached hydrogen (secondary N) is 1. The molecule has 0 saturated carbocycles. The number of hydrogen-bond donors (Lipinski definition) is 1. The number of rotatable bonds is 8. The van der Waals surface area contributed by atoms with Crippen LogP contribution in [0.15, 0.2) is 48.5 Å². The molecule has 1 amide bonds. The molecule has 2 aromatic carbocycles. The summed E-state index contributed by atoms with van der Waals surface area (Å²) in [4.78, 5) is 22.7. The average molecular weight is 449 g/mol. The summed E-state index contributed by atoms with van der Waals surface area (Å²) in [6.45, 7) is 2.54. The van der Waals surface area contributed by atoms with E-state index in [1.54, 1.807) is 43.3 Å². The van der Waals surface area contributed by atoms with Crippen LogP contribution in [0.1, 0.15) is 21.6 Å². The summed E-state index contributed by atoms with van der Waals surface area (Å²) in [6, 6.07) is 13.5. The zero-order chi connectivity index (χ0) is 21.7. The highest BCUT2D eigenvalue weighted by Crippen LogP contribution is 2.31. The monoisotopic (exact) mass is 448 g/mol. The van der Waals surface area contributed by atoms with Crippen LogP contribution in [-0.2, 0) is 13.2 Å². The van der Waals surface area contributed by atoms with E-state index in [0.717, 1.165) is 5.56 Å². The summed E-state index contributed by atoms with van der Waals surface area (Å²) >= 11 is 12.1. The van der Waals surface area contributed by atoms with E-state index in [9.17, 15) is 14.9 Å². The van der Waals surface area contributed by atoms with Crippen molar-refractivity contribution in [2.45, 2.75) is 20.1 Å². The molecule has 0 radical (unpaired) electrons. The smallest absolute Gasteiger partial charge is 0.390 e. The van der Waals surface area contributed by atoms with E-state index >= 15 is 0 Å². The largest absolute Gasteiger partial charge is 0.487 e. The maximum atomic E-state index is 12.4. The normalized spacial score (nSPS) is 10.6. The molecule has 0 bridgehead atoms. The van der Waals surface area contributed by atoms with E-state index in [-0.39, 0.29) is 24.9 Å². The topological polar surface area (TPSA) is 99.3 Å². The number of nitro groups is 1. The molecular formula is C20H18Cl2N4O4. The lowest BCUT2D eigenvalue weighted by atomic mass is 10.1. The van der Waals surface area contributed by atoms with E-state index in [1.165, 1.54) is 10.7 Å². The molecule has 0 atom stereocenters. The lowest BCUT2D eigenvalue weighted by Crippen LogP contribution is -2.27. The van der Waals surface area contributed by atoms with Gasteiger partial charge in [-0.25, -0.2) is 0 Å². The number of aryl methyl sites for hydroxylation is 1. The van der Waals surface area contributed by atoms with Crippen molar-refractivity contribution in [3.05, 3.63) is 85.5 Å². The zero-order valence-corrected chi connectivity index (χ0v) is 17.5. The summed E-state index contributed by atoms with van der Waals surface area (Å²) in [5.41, 5.74) is 1.91. The molecule has 3 aromatic rings. The Labute approximate surface area is 182 Å². The highest BCUT2D eigenvalue weighted by atomic mass is 35.5. The molecule has 30 heavy (non-hydrogen) atoms. The first-order chi connectivity index (χ1) is 14.3. The van der Waals surface area contributed by atoms with Crippen LogP contribution < -0.4 is 10.1 Å². The predicted octanol–water partition coefficient (Wildman–Crippen LogP) is 4.42. The van der Waals surface area contributed by atoms with Crippen LogP contribution >= 0.6 is 23.2 Å². The van der Waals surface area contributed by atoms with Crippen molar-refractivity contribution in [2.24, 2.45) is 0 Å². The molecule has 10 heteroatoms. The van der Waals surface area contributed by atoms with Gasteiger partial charge in [0.25, 0.3) is 5.91 Å². The molecule has 1 aromatic heterocycles. The molecule has 0 aliphatic carbocycles. The van der Waals surface area contributed by atoms with Crippen LogP contribution in [-0.4, -0.2) is 27.2 Å². The van der Waals surface area contributed by atoms with Crippen LogP contribution in [0.25, 0.3) is 0 Å². The van der Waals surface area contributed by atoms with Gasteiger partial charge in [-0.15, -0.1) is 0 Å². The van der Waals surface area contributed by atoms with E-state index in [2.05, 4.69) is 10.4 Å². The van der Waals surface area contributed by atoms with Crippen molar-refractivity contribution in [1.29, 1.82) is 0 Å². The first kappa shape index (κ1) is 21.6. The molecule has 0 saturated heterocycles. The summed E-state index contributed by atoms with van der Waals surface area (Å²) < 4.78 is 7.18. The van der Waals surface area contributed by atoms with Crippen molar-refractivity contribution in [2.75, 3.05) is 6.54 Å². The highest BCUT2D eigenvalue weighted by Gasteiger charge is 2.15. The van der Waals surface area contributed by atoms with Crippen LogP contribution in [0, 0.1) is 17.0 Å². The van der Waals surface area contributed by atoms with Crippen LogP contribution in [0.2, 0.25) is 10.0 Å². The number of ether oxygens (including phenoxy) is 1. The molecule has 0 aliphatic heterocycles. The van der Waals surface area contributed by atoms with Gasteiger partial charge in [-0.2, -0.15) is 4.68 Å². The summed E-state index contributed by atoms with van der Waals surface area (Å²) in [6.07, 6.45) is 0. The lowest BCUT2D eigenvalue weighted by molar-refractivity contribution is -0.389. The molecule has 0 unspecified atom stereocenters. The highest BCUT2D eigenvalue weighted by molar-refractivity contribution is 6.42. The predicted molar refractivity (Wildman–Crippen MR) is 113 cm³/mol. The van der Waals surface area contributed by atoms with Gasteiger partial charge < -0.3 is 20.2 Å². The van der Waals surface area contributed by atoms with E-state index in [4.69, 9.17) is 27.9 Å². The van der Waals surface area contributed by atoms with Crippen LogP contribution in [0.3, 0.4) is 0 Å². The third kappa shape index (κ3) is 5.28. The molecule has 1 N–H and O–H groups in total. The molecule has 8 nitrogen and oxygen atoms in total. The second-order valence-electron chi connectivity index (χ2n) is 6.42. The van der Waals surface area contributed by atoms with Crippen molar-refractivity contribution < 1.29 is 14.5 Å². The standard InChI is InChI=1S/C20H18Cl2N4O4/c1-13-10-18(26(28)29)24-25(13)9-8-23-20(27)15-5-2-4-14(11-15)12-30-17-7-3-6-16(21)19(17)22/h2-7,10-11H,8-9,12H2,1H3,(H,23,27). The SMILES string of the molecule is Cc1cc([N+](=O)[O-])nn1CCNC(=O)c1cccc(COc2cccc(Cl)c2Cl)c1. The van der Waals surface area contributed by atoms with Crippen molar-refractivity contribution in [1.82, 2.24) is 15.1 Å². The number of halogens is 2. The van der Waals surface area contributed by atoms with Crippen molar-refractivity contribution in [3.8, 4) is 5.75 Å². The molecule has 0 spiro atoms. The summed E-state index contributed by atoms with van der Waals surface area (Å²) in [7, 11) is 0. The van der Waals surface area contributed by atoms with Gasteiger partial charge in [0.2, 0.25) is 0 Å². The Bertz CT molecular complexity index is 1080. The minimum absolute atomic E-state index is 0.216. The number of carbonyl (C=O) groups is 1. The Balaban J connectivity index is 1.56. The molecule has 156 valence electrons. The second kappa shape index (κ2) is 9.60. The molecule has 0 fully saturated rings. The fourth-order valence-electron chi connectivity index (χ4n) is 2.74. The number of aromatic nitrogens is 2. The average Bonchev–Trinajstić information content (AvgIpc) is 3.10. The number of benzene rings is 2. The van der Waals surface area contributed by atoms with E-state index in [0.29, 0.717) is 33.6 Å². The third-order valence-electron chi connectivity index (χ3n) is 4.26. The van der Waals surface area contributed by atoms with Crippen LogP contribution in [0.5, 0.6) is 5.75 Å². The fourth-order valence-corrected chi connectivity index (χ4v) is 3.09.